The maximum Gasteiger partial charge on any atom is 0.256 e. The molecule has 0 aromatic heterocycles. The largest absolute Gasteiger partial charge is 0.508 e. The van der Waals surface area contributed by atoms with Crippen molar-refractivity contribution in [2.45, 2.75) is 20.3 Å². The number of phenolic OH excluding ortho intramolecular Hbond substituents is 1. The molecular weight excluding hydrogens is 400 g/mol. The third-order valence-corrected chi connectivity index (χ3v) is 5.17. The molecule has 0 fully saturated rings. The second kappa shape index (κ2) is 11.2. The van der Waals surface area contributed by atoms with Gasteiger partial charge >= 0.3 is 0 Å². The van der Waals surface area contributed by atoms with Gasteiger partial charge in [0.1, 0.15) is 18.1 Å². The maximum atomic E-state index is 13.5. The fourth-order valence-electron chi connectivity index (χ4n) is 3.45. The van der Waals surface area contributed by atoms with Crippen LogP contribution in [0.5, 0.6) is 11.5 Å². The van der Waals surface area contributed by atoms with E-state index < -0.39 is 0 Å². The highest BCUT2D eigenvalue weighted by atomic mass is 16.5. The monoisotopic (exact) mass is 430 g/mol. The highest BCUT2D eigenvalue weighted by Gasteiger charge is 2.18. The van der Waals surface area contributed by atoms with Gasteiger partial charge in [-0.15, -0.1) is 0 Å². The van der Waals surface area contributed by atoms with Gasteiger partial charge in [0.15, 0.2) is 0 Å². The highest BCUT2D eigenvalue weighted by Crippen LogP contribution is 2.31. The first kappa shape index (κ1) is 23.1. The van der Waals surface area contributed by atoms with Crippen LogP contribution in [0.2, 0.25) is 0 Å². The molecule has 0 spiro atoms. The second-order valence-corrected chi connectivity index (χ2v) is 7.55. The summed E-state index contributed by atoms with van der Waals surface area (Å²) in [7, 11) is 1.88. The van der Waals surface area contributed by atoms with Crippen LogP contribution in [0.4, 0.5) is 5.69 Å². The Morgan fingerprint density at radius 2 is 1.53 bits per heavy atom. The zero-order valence-corrected chi connectivity index (χ0v) is 18.8. The van der Waals surface area contributed by atoms with Crippen molar-refractivity contribution in [1.29, 1.82) is 0 Å². The molecule has 32 heavy (non-hydrogen) atoms. The van der Waals surface area contributed by atoms with Gasteiger partial charge in [0.2, 0.25) is 0 Å². The SMILES string of the molecule is CC/C(=C(\C(=O)Nc1ccc(OCCNC)cc1)c1ccc(O)cc1)c1ccc(C)cc1. The van der Waals surface area contributed by atoms with Crippen molar-refractivity contribution in [3.8, 4) is 11.5 Å². The number of anilines is 1. The van der Waals surface area contributed by atoms with Crippen molar-refractivity contribution in [2.24, 2.45) is 0 Å². The molecule has 0 saturated heterocycles. The molecule has 3 aromatic carbocycles. The summed E-state index contributed by atoms with van der Waals surface area (Å²) >= 11 is 0. The van der Waals surface area contributed by atoms with Gasteiger partial charge in [-0.2, -0.15) is 0 Å². The minimum atomic E-state index is -0.197. The molecule has 0 atom stereocenters. The van der Waals surface area contributed by atoms with E-state index in [9.17, 15) is 9.90 Å². The molecule has 3 aromatic rings. The highest BCUT2D eigenvalue weighted by molar-refractivity contribution is 6.31. The van der Waals surface area contributed by atoms with Crippen molar-refractivity contribution in [1.82, 2.24) is 5.32 Å². The molecule has 0 saturated carbocycles. The molecule has 0 aliphatic heterocycles. The first-order valence-corrected chi connectivity index (χ1v) is 10.8. The van der Waals surface area contributed by atoms with Crippen LogP contribution in [0.25, 0.3) is 11.1 Å². The second-order valence-electron chi connectivity index (χ2n) is 7.55. The summed E-state index contributed by atoms with van der Waals surface area (Å²) in [5.41, 5.74) is 5.14. The number of likely N-dealkylation sites (N-methyl/N-ethyl adjacent to an activating group) is 1. The maximum absolute atomic E-state index is 13.5. The molecule has 0 aliphatic carbocycles. The number of carbonyl (C=O) groups excluding carboxylic acids is 1. The number of hydrogen-bond donors (Lipinski definition) is 3. The quantitative estimate of drug-likeness (QED) is 0.246. The number of hydrogen-bond acceptors (Lipinski definition) is 4. The molecule has 166 valence electrons. The molecule has 0 aliphatic rings. The van der Waals surface area contributed by atoms with E-state index in [2.05, 4.69) is 10.6 Å². The molecule has 3 rings (SSSR count). The van der Waals surface area contributed by atoms with E-state index in [1.54, 1.807) is 24.3 Å². The van der Waals surface area contributed by atoms with Gasteiger partial charge in [0, 0.05) is 12.2 Å². The standard InChI is InChI=1S/C27H30N2O3/c1-4-25(20-7-5-19(2)6-8-20)26(21-9-13-23(30)14-10-21)27(31)29-22-11-15-24(16-12-22)32-18-17-28-3/h5-16,28,30H,4,17-18H2,1-3H3,(H,29,31)/b26-25+. The number of ether oxygens (including phenoxy) is 1. The van der Waals surface area contributed by atoms with E-state index >= 15 is 0 Å². The summed E-state index contributed by atoms with van der Waals surface area (Å²) in [5, 5.41) is 15.8. The molecule has 5 nitrogen and oxygen atoms in total. The van der Waals surface area contributed by atoms with Crippen LogP contribution in [0.15, 0.2) is 72.8 Å². The van der Waals surface area contributed by atoms with E-state index in [1.807, 2.05) is 69.4 Å². The van der Waals surface area contributed by atoms with Crippen molar-refractivity contribution >= 4 is 22.7 Å². The molecule has 0 heterocycles. The summed E-state index contributed by atoms with van der Waals surface area (Å²) in [6, 6.07) is 22.3. The Bertz CT molecular complexity index is 1050. The van der Waals surface area contributed by atoms with Crippen LogP contribution < -0.4 is 15.4 Å². The lowest BCUT2D eigenvalue weighted by Gasteiger charge is -2.16. The van der Waals surface area contributed by atoms with Crippen LogP contribution in [-0.4, -0.2) is 31.2 Å². The number of amides is 1. The van der Waals surface area contributed by atoms with Gasteiger partial charge in [-0.1, -0.05) is 48.9 Å². The topological polar surface area (TPSA) is 70.6 Å². The first-order chi connectivity index (χ1) is 15.5. The normalized spacial score (nSPS) is 11.6. The predicted octanol–water partition coefficient (Wildman–Crippen LogP) is 5.26. The number of carbonyl (C=O) groups is 1. The van der Waals surface area contributed by atoms with E-state index in [-0.39, 0.29) is 11.7 Å². The van der Waals surface area contributed by atoms with Crippen LogP contribution in [0.1, 0.15) is 30.0 Å². The summed E-state index contributed by atoms with van der Waals surface area (Å²) in [6.45, 7) is 5.42. The summed E-state index contributed by atoms with van der Waals surface area (Å²) in [5.74, 6) is 0.717. The Balaban J connectivity index is 1.93. The lowest BCUT2D eigenvalue weighted by atomic mass is 9.91. The molecular formula is C27H30N2O3. The van der Waals surface area contributed by atoms with E-state index in [4.69, 9.17) is 4.74 Å². The number of nitrogens with one attached hydrogen (secondary N) is 2. The smallest absolute Gasteiger partial charge is 0.256 e. The summed E-state index contributed by atoms with van der Waals surface area (Å²) in [6.07, 6.45) is 0.685. The Morgan fingerprint density at radius 3 is 2.12 bits per heavy atom. The molecule has 0 bridgehead atoms. The Kier molecular flexibility index (Phi) is 8.06. The number of allylic oxidation sites excluding steroid dienone is 1. The lowest BCUT2D eigenvalue weighted by Crippen LogP contribution is -2.16. The number of phenols is 1. The first-order valence-electron chi connectivity index (χ1n) is 10.8. The molecule has 3 N–H and O–H groups in total. The van der Waals surface area contributed by atoms with Gasteiger partial charge in [0.05, 0.1) is 5.57 Å². The van der Waals surface area contributed by atoms with Crippen molar-refractivity contribution in [2.75, 3.05) is 25.5 Å². The third kappa shape index (κ3) is 5.99. The van der Waals surface area contributed by atoms with Crippen molar-refractivity contribution < 1.29 is 14.6 Å². The van der Waals surface area contributed by atoms with E-state index in [1.165, 1.54) is 0 Å². The van der Waals surface area contributed by atoms with Crippen LogP contribution in [0, 0.1) is 6.92 Å². The average molecular weight is 431 g/mol. The van der Waals surface area contributed by atoms with E-state index in [0.29, 0.717) is 24.3 Å². The van der Waals surface area contributed by atoms with Gasteiger partial charge in [-0.05, 0) is 73.5 Å². The Morgan fingerprint density at radius 1 is 0.906 bits per heavy atom. The lowest BCUT2D eigenvalue weighted by molar-refractivity contribution is -0.111. The Labute approximate surface area is 189 Å². The van der Waals surface area contributed by atoms with E-state index in [0.717, 1.165) is 34.6 Å². The number of benzene rings is 3. The predicted molar refractivity (Wildman–Crippen MR) is 131 cm³/mol. The van der Waals surface area contributed by atoms with Crippen molar-refractivity contribution in [3.05, 3.63) is 89.5 Å². The van der Waals surface area contributed by atoms with Gasteiger partial charge in [0.25, 0.3) is 5.91 Å². The van der Waals surface area contributed by atoms with Crippen LogP contribution in [0.3, 0.4) is 0 Å². The Hall–Kier alpha value is -3.57. The molecule has 5 heteroatoms. The van der Waals surface area contributed by atoms with Crippen LogP contribution >= 0.6 is 0 Å². The van der Waals surface area contributed by atoms with Gasteiger partial charge in [-0.25, -0.2) is 0 Å². The van der Waals surface area contributed by atoms with Gasteiger partial charge in [-0.3, -0.25) is 4.79 Å². The molecule has 0 unspecified atom stereocenters. The fraction of sp³-hybridized carbons (Fsp3) is 0.222. The molecule has 0 radical (unpaired) electrons. The summed E-state index contributed by atoms with van der Waals surface area (Å²) in [4.78, 5) is 13.5. The average Bonchev–Trinajstić information content (AvgIpc) is 2.80. The van der Waals surface area contributed by atoms with Crippen molar-refractivity contribution in [3.63, 3.8) is 0 Å². The van der Waals surface area contributed by atoms with Gasteiger partial charge < -0.3 is 20.5 Å². The molecule has 1 amide bonds. The number of aromatic hydroxyl groups is 1. The fourth-order valence-corrected chi connectivity index (χ4v) is 3.45. The third-order valence-electron chi connectivity index (χ3n) is 5.17. The van der Waals surface area contributed by atoms with Crippen LogP contribution in [-0.2, 0) is 4.79 Å². The zero-order chi connectivity index (χ0) is 22.9. The number of aryl methyl sites for hydroxylation is 1. The number of rotatable bonds is 9. The zero-order valence-electron chi connectivity index (χ0n) is 18.8. The minimum absolute atomic E-state index is 0.163. The minimum Gasteiger partial charge on any atom is -0.508 e. The summed E-state index contributed by atoms with van der Waals surface area (Å²) < 4.78 is 5.65.